The molecule has 0 saturated heterocycles. The molecule has 0 amide bonds. The van der Waals surface area contributed by atoms with Crippen molar-refractivity contribution in [1.82, 2.24) is 10.3 Å². The summed E-state index contributed by atoms with van der Waals surface area (Å²) in [6, 6.07) is 2.87. The molecule has 2 unspecified atom stereocenters. The highest BCUT2D eigenvalue weighted by Gasteiger charge is 2.20. The van der Waals surface area contributed by atoms with Gasteiger partial charge in [0, 0.05) is 30.2 Å². The Kier molecular flexibility index (Phi) is 4.15. The van der Waals surface area contributed by atoms with E-state index in [1.54, 1.807) is 0 Å². The van der Waals surface area contributed by atoms with E-state index in [-0.39, 0.29) is 0 Å². The van der Waals surface area contributed by atoms with Crippen LogP contribution in [-0.2, 0) is 6.54 Å². The van der Waals surface area contributed by atoms with Crippen LogP contribution in [0.1, 0.15) is 31.2 Å². The van der Waals surface area contributed by atoms with E-state index in [1.165, 1.54) is 31.2 Å². The molecule has 0 aliphatic heterocycles. The third kappa shape index (κ3) is 3.28. The lowest BCUT2D eigenvalue weighted by Gasteiger charge is -2.28. The van der Waals surface area contributed by atoms with Gasteiger partial charge in [0.15, 0.2) is 0 Å². The van der Waals surface area contributed by atoms with Crippen molar-refractivity contribution in [1.29, 1.82) is 0 Å². The largest absolute Gasteiger partial charge is 0.367 e. The molecule has 84 valence electrons. The fourth-order valence-electron chi connectivity index (χ4n) is 2.27. The highest BCUT2D eigenvalue weighted by Crippen LogP contribution is 2.26. The van der Waals surface area contributed by atoms with Crippen LogP contribution in [0.3, 0.4) is 0 Å². The van der Waals surface area contributed by atoms with Crippen molar-refractivity contribution >= 4 is 11.8 Å². The van der Waals surface area contributed by atoms with E-state index in [0.29, 0.717) is 0 Å². The fraction of sp³-hybridized carbons (Fsp3) is 0.667. The summed E-state index contributed by atoms with van der Waals surface area (Å²) in [5, 5.41) is 4.53. The van der Waals surface area contributed by atoms with Crippen LogP contribution >= 0.6 is 11.8 Å². The summed E-state index contributed by atoms with van der Waals surface area (Å²) >= 11 is 2.03. The first-order valence-corrected chi connectivity index (χ1v) is 7.05. The predicted molar refractivity (Wildman–Crippen MR) is 67.2 cm³/mol. The lowest BCUT2D eigenvalue weighted by atomic mass is 9.95. The summed E-state index contributed by atoms with van der Waals surface area (Å²) in [6.07, 6.45) is 11.8. The monoisotopic (exact) mass is 224 g/mol. The number of aromatic amines is 1. The average molecular weight is 224 g/mol. The number of H-pyrrole nitrogens is 1. The summed E-state index contributed by atoms with van der Waals surface area (Å²) in [5.74, 6) is 0. The van der Waals surface area contributed by atoms with E-state index in [1.807, 2.05) is 18.0 Å². The maximum Gasteiger partial charge on any atom is 0.0223 e. The number of hydrogen-bond acceptors (Lipinski definition) is 2. The van der Waals surface area contributed by atoms with Crippen molar-refractivity contribution in [2.24, 2.45) is 0 Å². The molecule has 0 spiro atoms. The van der Waals surface area contributed by atoms with E-state index >= 15 is 0 Å². The maximum absolute atomic E-state index is 3.65. The quantitative estimate of drug-likeness (QED) is 0.823. The van der Waals surface area contributed by atoms with Gasteiger partial charge in [-0.05, 0) is 37.1 Å². The van der Waals surface area contributed by atoms with Gasteiger partial charge in [0.25, 0.3) is 0 Å². The first kappa shape index (κ1) is 11.1. The van der Waals surface area contributed by atoms with Gasteiger partial charge in [-0.15, -0.1) is 0 Å². The maximum atomic E-state index is 3.65. The van der Waals surface area contributed by atoms with E-state index in [9.17, 15) is 0 Å². The summed E-state index contributed by atoms with van der Waals surface area (Å²) < 4.78 is 0. The summed E-state index contributed by atoms with van der Waals surface area (Å²) in [5.41, 5.74) is 1.36. The molecule has 2 N–H and O–H groups in total. The second kappa shape index (κ2) is 5.61. The van der Waals surface area contributed by atoms with Crippen molar-refractivity contribution in [2.45, 2.75) is 43.5 Å². The van der Waals surface area contributed by atoms with Gasteiger partial charge in [-0.1, -0.05) is 6.42 Å². The van der Waals surface area contributed by atoms with E-state index in [2.05, 4.69) is 28.8 Å². The molecule has 0 bridgehead atoms. The van der Waals surface area contributed by atoms with Gasteiger partial charge in [-0.25, -0.2) is 0 Å². The van der Waals surface area contributed by atoms with Crippen LogP contribution in [0.25, 0.3) is 0 Å². The van der Waals surface area contributed by atoms with Crippen LogP contribution in [0.15, 0.2) is 18.5 Å². The number of aromatic nitrogens is 1. The van der Waals surface area contributed by atoms with Crippen molar-refractivity contribution < 1.29 is 0 Å². The zero-order valence-electron chi connectivity index (χ0n) is 9.33. The lowest BCUT2D eigenvalue weighted by Crippen LogP contribution is -2.34. The Morgan fingerprint density at radius 1 is 1.53 bits per heavy atom. The number of nitrogens with one attached hydrogen (secondary N) is 2. The first-order chi connectivity index (χ1) is 7.38. The van der Waals surface area contributed by atoms with Crippen molar-refractivity contribution in [2.75, 3.05) is 6.26 Å². The minimum atomic E-state index is 0.728. The zero-order valence-corrected chi connectivity index (χ0v) is 10.1. The van der Waals surface area contributed by atoms with Gasteiger partial charge in [0.1, 0.15) is 0 Å². The minimum Gasteiger partial charge on any atom is -0.367 e. The Morgan fingerprint density at radius 3 is 3.20 bits per heavy atom. The third-order valence-corrected chi connectivity index (χ3v) is 4.31. The SMILES string of the molecule is CSC1CCCC(NCc2cc[nH]c2)C1. The molecule has 1 fully saturated rings. The third-order valence-electron chi connectivity index (χ3n) is 3.22. The lowest BCUT2D eigenvalue weighted by molar-refractivity contribution is 0.380. The van der Waals surface area contributed by atoms with Crippen LogP contribution in [0.2, 0.25) is 0 Å². The van der Waals surface area contributed by atoms with Gasteiger partial charge in [-0.3, -0.25) is 0 Å². The molecule has 2 atom stereocenters. The predicted octanol–water partition coefficient (Wildman–Crippen LogP) is 2.78. The van der Waals surface area contributed by atoms with Crippen molar-refractivity contribution in [3.8, 4) is 0 Å². The molecule has 1 saturated carbocycles. The van der Waals surface area contributed by atoms with Gasteiger partial charge >= 0.3 is 0 Å². The standard InChI is InChI=1S/C12H20N2S/c1-15-12-4-2-3-11(7-12)14-9-10-5-6-13-8-10/h5-6,8,11-14H,2-4,7,9H2,1H3. The normalized spacial score (nSPS) is 26.7. The molecule has 3 heteroatoms. The molecule has 2 rings (SSSR count). The number of rotatable bonds is 4. The van der Waals surface area contributed by atoms with Crippen LogP contribution in [0, 0.1) is 0 Å². The molecular formula is C12H20N2S. The molecule has 1 aromatic heterocycles. The van der Waals surface area contributed by atoms with Crippen LogP contribution in [-0.4, -0.2) is 22.5 Å². The first-order valence-electron chi connectivity index (χ1n) is 5.76. The van der Waals surface area contributed by atoms with Crippen LogP contribution < -0.4 is 5.32 Å². The van der Waals surface area contributed by atoms with Crippen molar-refractivity contribution in [3.05, 3.63) is 24.0 Å². The van der Waals surface area contributed by atoms with E-state index in [4.69, 9.17) is 0 Å². The molecule has 0 aromatic carbocycles. The van der Waals surface area contributed by atoms with Gasteiger partial charge < -0.3 is 10.3 Å². The summed E-state index contributed by atoms with van der Waals surface area (Å²) in [4.78, 5) is 3.09. The Hall–Kier alpha value is -0.410. The Bertz CT molecular complexity index is 271. The molecule has 1 aliphatic rings. The Labute approximate surface area is 96.2 Å². The molecule has 0 radical (unpaired) electrons. The summed E-state index contributed by atoms with van der Waals surface area (Å²) in [6.45, 7) is 1.01. The Morgan fingerprint density at radius 2 is 2.47 bits per heavy atom. The highest BCUT2D eigenvalue weighted by molar-refractivity contribution is 7.99. The van der Waals surface area contributed by atoms with Gasteiger partial charge in [-0.2, -0.15) is 11.8 Å². The molecule has 2 nitrogen and oxygen atoms in total. The molecule has 1 heterocycles. The average Bonchev–Trinajstić information content (AvgIpc) is 2.79. The van der Waals surface area contributed by atoms with Gasteiger partial charge in [0.2, 0.25) is 0 Å². The number of hydrogen-bond donors (Lipinski definition) is 2. The highest BCUT2D eigenvalue weighted by atomic mass is 32.2. The zero-order chi connectivity index (χ0) is 10.5. The molecule has 15 heavy (non-hydrogen) atoms. The topological polar surface area (TPSA) is 27.8 Å². The van der Waals surface area contributed by atoms with Crippen LogP contribution in [0.5, 0.6) is 0 Å². The van der Waals surface area contributed by atoms with Crippen LogP contribution in [0.4, 0.5) is 0 Å². The molecule has 1 aromatic rings. The second-order valence-corrected chi connectivity index (χ2v) is 5.46. The smallest absolute Gasteiger partial charge is 0.0223 e. The summed E-state index contributed by atoms with van der Waals surface area (Å²) in [7, 11) is 0. The Balaban J connectivity index is 1.74. The second-order valence-electron chi connectivity index (χ2n) is 4.32. The minimum absolute atomic E-state index is 0.728. The molecular weight excluding hydrogens is 204 g/mol. The molecule has 1 aliphatic carbocycles. The van der Waals surface area contributed by atoms with Crippen molar-refractivity contribution in [3.63, 3.8) is 0 Å². The number of thioether (sulfide) groups is 1. The van der Waals surface area contributed by atoms with E-state index < -0.39 is 0 Å². The fourth-order valence-corrected chi connectivity index (χ4v) is 3.10. The van der Waals surface area contributed by atoms with E-state index in [0.717, 1.165) is 17.8 Å². The van der Waals surface area contributed by atoms with Gasteiger partial charge in [0.05, 0.1) is 0 Å².